The zero-order valence-electron chi connectivity index (χ0n) is 12.7. The summed E-state index contributed by atoms with van der Waals surface area (Å²) in [4.78, 5) is 21.0. The smallest absolute Gasteiger partial charge is 0.256 e. The number of hydrogen-bond donors (Lipinski definition) is 1. The Hall–Kier alpha value is -0.200. The van der Waals surface area contributed by atoms with Crippen LogP contribution in [0.1, 0.15) is 61.3 Å². The van der Waals surface area contributed by atoms with E-state index in [1.54, 1.807) is 0 Å². The molecule has 0 bridgehead atoms. The van der Waals surface area contributed by atoms with Crippen LogP contribution in [0.3, 0.4) is 0 Å². The second-order valence-corrected chi connectivity index (χ2v) is 6.38. The second-order valence-electron chi connectivity index (χ2n) is 6.38. The topological polar surface area (TPSA) is 57.2 Å². The Morgan fingerprint density at radius 1 is 0.778 bits per heavy atom. The fourth-order valence-corrected chi connectivity index (χ4v) is 1.01. The van der Waals surface area contributed by atoms with Gasteiger partial charge in [0.2, 0.25) is 0 Å². The molecule has 0 aromatic heterocycles. The summed E-state index contributed by atoms with van der Waals surface area (Å²) in [6.07, 6.45) is 1.23. The number of hydrogen-bond acceptors (Lipinski definition) is 5. The molecule has 0 saturated heterocycles. The summed E-state index contributed by atoms with van der Waals surface area (Å²) >= 11 is 0. The predicted octanol–water partition coefficient (Wildman–Crippen LogP) is 2.97. The van der Waals surface area contributed by atoms with Crippen LogP contribution in [0.25, 0.3) is 0 Å². The highest BCUT2D eigenvalue weighted by Gasteiger charge is 2.37. The van der Waals surface area contributed by atoms with Crippen molar-refractivity contribution in [3.05, 3.63) is 0 Å². The van der Waals surface area contributed by atoms with E-state index < -0.39 is 17.0 Å². The van der Waals surface area contributed by atoms with Crippen molar-refractivity contribution in [2.24, 2.45) is 0 Å². The van der Waals surface area contributed by atoms with E-state index in [0.717, 1.165) is 6.42 Å². The largest absolute Gasteiger partial charge is 0.391 e. The highest BCUT2D eigenvalue weighted by atomic mass is 17.3. The quantitative estimate of drug-likeness (QED) is 0.435. The third-order valence-electron chi connectivity index (χ3n) is 1.76. The van der Waals surface area contributed by atoms with Gasteiger partial charge in [-0.3, -0.25) is 0 Å². The zero-order chi connectivity index (χ0) is 14.4. The van der Waals surface area contributed by atoms with E-state index in [1.165, 1.54) is 0 Å². The summed E-state index contributed by atoms with van der Waals surface area (Å²) in [6, 6.07) is 0. The Bertz CT molecular complexity index is 209. The molecule has 0 atom stereocenters. The molecule has 0 spiro atoms. The summed E-state index contributed by atoms with van der Waals surface area (Å²) in [7, 11) is 0. The van der Waals surface area contributed by atoms with Crippen LogP contribution in [0.2, 0.25) is 0 Å². The van der Waals surface area contributed by atoms with Gasteiger partial charge in [-0.2, -0.15) is 9.78 Å². The molecule has 5 heteroatoms. The van der Waals surface area contributed by atoms with Crippen LogP contribution in [0.5, 0.6) is 0 Å². The molecule has 0 aliphatic heterocycles. The first-order valence-corrected chi connectivity index (χ1v) is 6.38. The van der Waals surface area contributed by atoms with Crippen LogP contribution in [0, 0.1) is 0 Å². The lowest BCUT2D eigenvalue weighted by molar-refractivity contribution is -0.545. The minimum atomic E-state index is -1.28. The average molecular weight is 264 g/mol. The third-order valence-corrected chi connectivity index (χ3v) is 1.76. The van der Waals surface area contributed by atoms with E-state index in [4.69, 9.17) is 19.6 Å². The van der Waals surface area contributed by atoms with E-state index in [1.807, 2.05) is 48.5 Å². The maximum atomic E-state index is 9.49. The van der Waals surface area contributed by atoms with Crippen LogP contribution in [0.15, 0.2) is 0 Å². The van der Waals surface area contributed by atoms with Gasteiger partial charge in [-0.25, -0.2) is 9.78 Å². The van der Waals surface area contributed by atoms with Gasteiger partial charge in [-0.05, 0) is 41.5 Å². The van der Waals surface area contributed by atoms with Crippen LogP contribution in [-0.4, -0.2) is 28.7 Å². The van der Waals surface area contributed by atoms with Crippen LogP contribution >= 0.6 is 0 Å². The maximum absolute atomic E-state index is 9.49. The summed E-state index contributed by atoms with van der Waals surface area (Å²) in [5, 5.41) is 9.49. The molecule has 0 fully saturated rings. The molecule has 1 N–H and O–H groups in total. The van der Waals surface area contributed by atoms with Crippen molar-refractivity contribution in [2.45, 2.75) is 78.3 Å². The predicted molar refractivity (Wildman–Crippen MR) is 68.6 cm³/mol. The molecule has 0 aromatic carbocycles. The van der Waals surface area contributed by atoms with Crippen molar-refractivity contribution >= 4 is 0 Å². The number of aliphatic hydroxyl groups excluding tert-OH is 1. The Morgan fingerprint density at radius 3 is 1.39 bits per heavy atom. The van der Waals surface area contributed by atoms with E-state index in [2.05, 4.69) is 0 Å². The SMILES string of the molecule is CCCC(CO)(OOC(C)(C)C)OOC(C)(C)C. The first-order chi connectivity index (χ1) is 8.04. The third kappa shape index (κ3) is 8.00. The number of aliphatic hydroxyl groups is 1. The van der Waals surface area contributed by atoms with Crippen molar-refractivity contribution in [2.75, 3.05) is 6.61 Å². The van der Waals surface area contributed by atoms with Gasteiger partial charge in [0.15, 0.2) is 0 Å². The molecule has 0 unspecified atom stereocenters. The fourth-order valence-electron chi connectivity index (χ4n) is 1.01. The van der Waals surface area contributed by atoms with Gasteiger partial charge < -0.3 is 5.11 Å². The molecule has 18 heavy (non-hydrogen) atoms. The van der Waals surface area contributed by atoms with E-state index in [9.17, 15) is 5.11 Å². The Kier molecular flexibility index (Phi) is 6.74. The van der Waals surface area contributed by atoms with E-state index in [0.29, 0.717) is 6.42 Å². The standard InChI is InChI=1S/C13H28O5/c1-8-9-13(10-14,17-15-11(2,3)4)18-16-12(5,6)7/h14H,8-10H2,1-7H3. The summed E-state index contributed by atoms with van der Waals surface area (Å²) < 4.78 is 0. The Balaban J connectivity index is 4.60. The molecular formula is C13H28O5. The normalized spacial score (nSPS) is 14.0. The molecule has 0 heterocycles. The Labute approximate surface area is 110 Å². The van der Waals surface area contributed by atoms with Gasteiger partial charge in [0.1, 0.15) is 6.61 Å². The molecule has 0 rings (SSSR count). The molecular weight excluding hydrogens is 236 g/mol. The first-order valence-electron chi connectivity index (χ1n) is 6.38. The fraction of sp³-hybridized carbons (Fsp3) is 1.00. The van der Waals surface area contributed by atoms with Crippen LogP contribution in [0.4, 0.5) is 0 Å². The van der Waals surface area contributed by atoms with Crippen molar-refractivity contribution < 1.29 is 24.7 Å². The van der Waals surface area contributed by atoms with Gasteiger partial charge >= 0.3 is 0 Å². The van der Waals surface area contributed by atoms with Gasteiger partial charge in [0, 0.05) is 6.42 Å². The van der Waals surface area contributed by atoms with E-state index >= 15 is 0 Å². The second kappa shape index (κ2) is 6.82. The summed E-state index contributed by atoms with van der Waals surface area (Å²) in [5.74, 6) is -1.28. The molecule has 0 amide bonds. The lowest BCUT2D eigenvalue weighted by Crippen LogP contribution is -2.44. The molecule has 0 saturated carbocycles. The van der Waals surface area contributed by atoms with Gasteiger partial charge in [0.25, 0.3) is 5.79 Å². The lowest BCUT2D eigenvalue weighted by atomic mass is 10.1. The number of rotatable bonds is 7. The van der Waals surface area contributed by atoms with E-state index in [-0.39, 0.29) is 6.61 Å². The highest BCUT2D eigenvalue weighted by Crippen LogP contribution is 2.25. The summed E-state index contributed by atoms with van der Waals surface area (Å²) in [6.45, 7) is 12.7. The molecule has 0 aliphatic carbocycles. The van der Waals surface area contributed by atoms with Crippen molar-refractivity contribution in [3.63, 3.8) is 0 Å². The Morgan fingerprint density at radius 2 is 1.17 bits per heavy atom. The van der Waals surface area contributed by atoms with Crippen LogP contribution < -0.4 is 0 Å². The van der Waals surface area contributed by atoms with Gasteiger partial charge in [-0.15, -0.1) is 0 Å². The maximum Gasteiger partial charge on any atom is 0.256 e. The highest BCUT2D eigenvalue weighted by molar-refractivity contribution is 4.66. The van der Waals surface area contributed by atoms with Crippen LogP contribution in [-0.2, 0) is 19.6 Å². The molecule has 5 nitrogen and oxygen atoms in total. The molecule has 0 aliphatic rings. The van der Waals surface area contributed by atoms with Crippen molar-refractivity contribution in [1.29, 1.82) is 0 Å². The first kappa shape index (κ1) is 17.8. The molecule has 110 valence electrons. The molecule has 0 radical (unpaired) electrons. The van der Waals surface area contributed by atoms with Gasteiger partial charge in [0.05, 0.1) is 11.2 Å². The minimum Gasteiger partial charge on any atom is -0.391 e. The monoisotopic (exact) mass is 264 g/mol. The zero-order valence-corrected chi connectivity index (χ0v) is 12.7. The minimum absolute atomic E-state index is 0.340. The van der Waals surface area contributed by atoms with Crippen molar-refractivity contribution in [3.8, 4) is 0 Å². The molecule has 0 aromatic rings. The lowest BCUT2D eigenvalue weighted by Gasteiger charge is -2.33. The van der Waals surface area contributed by atoms with Crippen molar-refractivity contribution in [1.82, 2.24) is 0 Å². The average Bonchev–Trinajstić information content (AvgIpc) is 2.20. The van der Waals surface area contributed by atoms with Gasteiger partial charge in [-0.1, -0.05) is 13.3 Å². The summed E-state index contributed by atoms with van der Waals surface area (Å²) in [5.41, 5.74) is -0.974.